The largest absolute Gasteiger partial charge is 1.00 e. The fourth-order valence-electron chi connectivity index (χ4n) is 4.45. The van der Waals surface area contributed by atoms with Crippen LogP contribution in [-0.2, 0) is 17.9 Å². The van der Waals surface area contributed by atoms with Gasteiger partial charge in [-0.2, -0.15) is 5.10 Å². The number of carbonyl (C=O) groups is 2. The van der Waals surface area contributed by atoms with Gasteiger partial charge in [0.1, 0.15) is 12.4 Å². The van der Waals surface area contributed by atoms with E-state index in [4.69, 9.17) is 4.74 Å². The maximum absolute atomic E-state index is 13.7. The molecule has 38 heavy (non-hydrogen) atoms. The maximum atomic E-state index is 13.7. The first-order valence-electron chi connectivity index (χ1n) is 12.1. The fourth-order valence-corrected chi connectivity index (χ4v) is 4.45. The molecule has 0 unspecified atom stereocenters. The van der Waals surface area contributed by atoms with Crippen molar-refractivity contribution in [3.05, 3.63) is 76.7 Å². The van der Waals surface area contributed by atoms with E-state index in [1.165, 1.54) is 28.9 Å². The molecule has 11 heteroatoms. The van der Waals surface area contributed by atoms with Gasteiger partial charge in [0.25, 0.3) is 5.91 Å². The second-order valence-corrected chi connectivity index (χ2v) is 9.47. The van der Waals surface area contributed by atoms with Crippen LogP contribution in [0.2, 0.25) is 0 Å². The van der Waals surface area contributed by atoms with Gasteiger partial charge in [0.05, 0.1) is 17.9 Å². The third kappa shape index (κ3) is 6.81. The number of carbonyl (C=O) groups excluding carboxylic acids is 2. The Labute approximate surface area is 242 Å². The van der Waals surface area contributed by atoms with Crippen LogP contribution in [0.4, 0.5) is 4.39 Å². The van der Waals surface area contributed by atoms with Crippen molar-refractivity contribution < 1.29 is 63.6 Å². The minimum Gasteiger partial charge on any atom is -0.550 e. The number of aliphatic hydroxyl groups is 2. The number of rotatable bonds is 10. The van der Waals surface area contributed by atoms with Crippen LogP contribution in [0.15, 0.2) is 48.5 Å². The van der Waals surface area contributed by atoms with Crippen LogP contribution in [0.5, 0.6) is 5.88 Å². The first-order valence-corrected chi connectivity index (χ1v) is 12.1. The van der Waals surface area contributed by atoms with Crippen LogP contribution < -0.4 is 39.4 Å². The summed E-state index contributed by atoms with van der Waals surface area (Å²) in [6.07, 6.45) is -3.35. The van der Waals surface area contributed by atoms with Crippen molar-refractivity contribution in [1.82, 2.24) is 14.7 Å². The Balaban J connectivity index is 0.00000400. The van der Waals surface area contributed by atoms with Crippen molar-refractivity contribution in [3.63, 3.8) is 0 Å². The second-order valence-electron chi connectivity index (χ2n) is 9.47. The van der Waals surface area contributed by atoms with E-state index < -0.39 is 30.4 Å². The van der Waals surface area contributed by atoms with E-state index in [0.717, 1.165) is 11.1 Å². The van der Waals surface area contributed by atoms with Crippen molar-refractivity contribution >= 4 is 11.9 Å². The number of carboxylic acids is 1. The van der Waals surface area contributed by atoms with Crippen molar-refractivity contribution in [2.75, 3.05) is 6.61 Å². The SMILES string of the molecule is CC(C)c1c(C(=O)N2Cc3ccccc3C2)nn(-c2ccc(F)cc2)c1OC[C@@H](O)C[C@@H](O)CC(=O)[O-].[Na+]. The zero-order chi connectivity index (χ0) is 26.7. The number of ether oxygens (including phenoxy) is 1. The summed E-state index contributed by atoms with van der Waals surface area (Å²) in [5.41, 5.74) is 3.29. The topological polar surface area (TPSA) is 128 Å². The van der Waals surface area contributed by atoms with Gasteiger partial charge in [-0.05, 0) is 41.3 Å². The van der Waals surface area contributed by atoms with E-state index in [1.807, 2.05) is 38.1 Å². The number of nitrogens with zero attached hydrogens (tertiary/aromatic N) is 3. The summed E-state index contributed by atoms with van der Waals surface area (Å²) < 4.78 is 21.0. The summed E-state index contributed by atoms with van der Waals surface area (Å²) in [5, 5.41) is 35.5. The molecule has 2 N–H and O–H groups in total. The molecule has 1 aromatic heterocycles. The van der Waals surface area contributed by atoms with Gasteiger partial charge in [-0.25, -0.2) is 9.07 Å². The first kappa shape index (κ1) is 29.8. The molecule has 0 fully saturated rings. The molecule has 3 aromatic rings. The molecule has 0 radical (unpaired) electrons. The predicted molar refractivity (Wildman–Crippen MR) is 129 cm³/mol. The van der Waals surface area contributed by atoms with Gasteiger partial charge >= 0.3 is 29.6 Å². The van der Waals surface area contributed by atoms with E-state index in [1.54, 1.807) is 4.90 Å². The van der Waals surface area contributed by atoms with Crippen LogP contribution in [0, 0.1) is 5.82 Å². The van der Waals surface area contributed by atoms with Gasteiger partial charge in [-0.15, -0.1) is 0 Å². The molecule has 1 aliphatic heterocycles. The third-order valence-corrected chi connectivity index (χ3v) is 6.22. The van der Waals surface area contributed by atoms with Crippen LogP contribution >= 0.6 is 0 Å². The number of aromatic nitrogens is 2. The maximum Gasteiger partial charge on any atom is 1.00 e. The van der Waals surface area contributed by atoms with Gasteiger partial charge in [-0.3, -0.25) is 4.79 Å². The number of hydrogen-bond acceptors (Lipinski definition) is 7. The van der Waals surface area contributed by atoms with Crippen molar-refractivity contribution in [1.29, 1.82) is 0 Å². The standard InChI is InChI=1S/C27H30FN3O6.Na/c1-16(2)24-25(26(36)30-13-17-5-3-4-6-18(17)14-30)29-31(20-9-7-19(28)8-10-20)27(24)37-15-22(33)11-21(32)12-23(34)35;/h3-10,16,21-22,32-33H,11-15H2,1-2H3,(H,34,35);/q;+1/p-1/t21-,22+;/m1./s1. The fraction of sp³-hybridized carbons (Fsp3) is 0.370. The van der Waals surface area contributed by atoms with E-state index in [0.29, 0.717) is 24.3 Å². The Morgan fingerprint density at radius 1 is 1.05 bits per heavy atom. The van der Waals surface area contributed by atoms with Gasteiger partial charge in [0.2, 0.25) is 5.88 Å². The number of benzene rings is 2. The van der Waals surface area contributed by atoms with Crippen molar-refractivity contribution in [2.45, 2.75) is 57.9 Å². The minimum atomic E-state index is -1.43. The zero-order valence-corrected chi connectivity index (χ0v) is 23.6. The number of carboxylic acid groups (broad SMARTS) is 1. The van der Waals surface area contributed by atoms with E-state index in [-0.39, 0.29) is 66.0 Å². The van der Waals surface area contributed by atoms with Crippen LogP contribution in [0.25, 0.3) is 5.69 Å². The quantitative estimate of drug-likeness (QED) is 0.318. The van der Waals surface area contributed by atoms with E-state index in [2.05, 4.69) is 5.10 Å². The molecule has 9 nitrogen and oxygen atoms in total. The second kappa shape index (κ2) is 12.9. The van der Waals surface area contributed by atoms with Crippen LogP contribution in [-0.4, -0.2) is 55.6 Å². The number of amides is 1. The third-order valence-electron chi connectivity index (χ3n) is 6.22. The molecule has 0 spiro atoms. The first-order chi connectivity index (χ1) is 17.6. The summed E-state index contributed by atoms with van der Waals surface area (Å²) in [7, 11) is 0. The van der Waals surface area contributed by atoms with E-state index >= 15 is 0 Å². The normalized spacial score (nSPS) is 14.1. The Morgan fingerprint density at radius 2 is 1.66 bits per heavy atom. The van der Waals surface area contributed by atoms with Gasteiger partial charge in [-0.1, -0.05) is 38.1 Å². The molecule has 1 aliphatic rings. The molecule has 1 amide bonds. The molecular weight excluding hydrogens is 504 g/mol. The summed E-state index contributed by atoms with van der Waals surface area (Å²) in [5.74, 6) is -2.14. The molecule has 196 valence electrons. The Morgan fingerprint density at radius 3 is 2.21 bits per heavy atom. The summed E-state index contributed by atoms with van der Waals surface area (Å²) in [6, 6.07) is 13.3. The molecule has 0 saturated heterocycles. The number of hydrogen-bond donors (Lipinski definition) is 2. The Kier molecular flexibility index (Phi) is 10.1. The minimum absolute atomic E-state index is 0. The molecule has 2 atom stereocenters. The average molecular weight is 534 g/mol. The molecular formula is C27H29FN3NaO6. The zero-order valence-electron chi connectivity index (χ0n) is 21.6. The van der Waals surface area contributed by atoms with Crippen molar-refractivity contribution in [2.24, 2.45) is 0 Å². The van der Waals surface area contributed by atoms with Crippen molar-refractivity contribution in [3.8, 4) is 11.6 Å². The molecule has 2 heterocycles. The van der Waals surface area contributed by atoms with E-state index in [9.17, 15) is 29.3 Å². The summed E-state index contributed by atoms with van der Waals surface area (Å²) >= 11 is 0. The summed E-state index contributed by atoms with van der Waals surface area (Å²) in [4.78, 5) is 26.1. The van der Waals surface area contributed by atoms with Gasteiger partial charge in [0, 0.05) is 37.5 Å². The van der Waals surface area contributed by atoms with Gasteiger partial charge in [0.15, 0.2) is 5.69 Å². The molecule has 0 aliphatic carbocycles. The number of halogens is 1. The molecule has 0 bridgehead atoms. The molecule has 2 aromatic carbocycles. The monoisotopic (exact) mass is 533 g/mol. The number of aliphatic hydroxyl groups excluding tert-OH is 2. The average Bonchev–Trinajstić information content (AvgIpc) is 3.44. The number of fused-ring (bicyclic) bond motifs is 1. The molecule has 4 rings (SSSR count). The number of aliphatic carboxylic acids is 1. The summed E-state index contributed by atoms with van der Waals surface area (Å²) in [6.45, 7) is 4.37. The van der Waals surface area contributed by atoms with Gasteiger partial charge < -0.3 is 29.8 Å². The van der Waals surface area contributed by atoms with Crippen LogP contribution in [0.1, 0.15) is 59.8 Å². The molecule has 0 saturated carbocycles. The Hall–Kier alpha value is -2.76. The van der Waals surface area contributed by atoms with Crippen LogP contribution in [0.3, 0.4) is 0 Å². The predicted octanol–water partition coefficient (Wildman–Crippen LogP) is -1.07. The Bertz CT molecular complexity index is 1260. The smallest absolute Gasteiger partial charge is 0.550 e.